The number of likely N-dealkylation sites (tertiary alicyclic amines) is 1. The second-order valence-electron chi connectivity index (χ2n) is 7.44. The fourth-order valence-electron chi connectivity index (χ4n) is 3.91. The van der Waals surface area contributed by atoms with E-state index < -0.39 is 0 Å². The van der Waals surface area contributed by atoms with E-state index >= 15 is 0 Å². The van der Waals surface area contributed by atoms with Gasteiger partial charge >= 0.3 is 0 Å². The Kier molecular flexibility index (Phi) is 4.89. The van der Waals surface area contributed by atoms with Crippen LogP contribution in [0.3, 0.4) is 0 Å². The maximum Gasteiger partial charge on any atom is 0.0656 e. The zero-order chi connectivity index (χ0) is 17.9. The topological polar surface area (TPSA) is 60.6 Å². The van der Waals surface area contributed by atoms with Crippen LogP contribution in [0, 0.1) is 13.8 Å². The number of piperidine rings is 1. The number of H-pyrrole nitrogens is 2. The smallest absolute Gasteiger partial charge is 0.0656 e. The van der Waals surface area contributed by atoms with Crippen LogP contribution < -0.4 is 0 Å². The van der Waals surface area contributed by atoms with E-state index in [2.05, 4.69) is 75.5 Å². The molecule has 0 bridgehead atoms. The second kappa shape index (κ2) is 7.46. The van der Waals surface area contributed by atoms with Gasteiger partial charge in [-0.25, -0.2) is 0 Å². The Morgan fingerprint density at radius 2 is 1.81 bits per heavy atom. The second-order valence-corrected chi connectivity index (χ2v) is 7.44. The van der Waals surface area contributed by atoms with E-state index in [1.807, 2.05) is 0 Å². The number of benzene rings is 1. The summed E-state index contributed by atoms with van der Waals surface area (Å²) in [6.07, 6.45) is 3.27. The van der Waals surface area contributed by atoms with Crippen molar-refractivity contribution < 1.29 is 0 Å². The molecule has 0 radical (unpaired) electrons. The molecule has 2 N–H and O–H groups in total. The summed E-state index contributed by atoms with van der Waals surface area (Å²) in [4.78, 5) is 2.54. The van der Waals surface area contributed by atoms with Gasteiger partial charge in [-0.15, -0.1) is 0 Å². The van der Waals surface area contributed by atoms with Gasteiger partial charge in [-0.1, -0.05) is 30.3 Å². The molecule has 0 amide bonds. The standard InChI is InChI=1S/C21H27N5/c1-15-20(16(2)23-22-15)14-26-10-8-18(9-11-26)21-13-19(24-25-21)12-17-6-4-3-5-7-17/h3-7,13,18H,8-12,14H2,1-2H3,(H,22,23)(H,24,25). The van der Waals surface area contributed by atoms with Crippen molar-refractivity contribution in [3.63, 3.8) is 0 Å². The molecule has 26 heavy (non-hydrogen) atoms. The van der Waals surface area contributed by atoms with Gasteiger partial charge in [0.25, 0.3) is 0 Å². The van der Waals surface area contributed by atoms with Crippen LogP contribution in [-0.4, -0.2) is 38.4 Å². The molecular formula is C21H27N5. The molecule has 5 nitrogen and oxygen atoms in total. The lowest BCUT2D eigenvalue weighted by Gasteiger charge is -2.31. The molecule has 136 valence electrons. The molecule has 5 heteroatoms. The first-order valence-corrected chi connectivity index (χ1v) is 9.50. The quantitative estimate of drug-likeness (QED) is 0.738. The van der Waals surface area contributed by atoms with Crippen LogP contribution in [0.15, 0.2) is 36.4 Å². The van der Waals surface area contributed by atoms with Crippen LogP contribution in [0.5, 0.6) is 0 Å². The Hall–Kier alpha value is -2.40. The normalized spacial score (nSPS) is 16.2. The summed E-state index contributed by atoms with van der Waals surface area (Å²) in [6.45, 7) is 7.44. The molecule has 4 rings (SSSR count). The molecule has 0 atom stereocenters. The van der Waals surface area contributed by atoms with Gasteiger partial charge in [-0.2, -0.15) is 10.2 Å². The third-order valence-electron chi connectivity index (χ3n) is 5.56. The van der Waals surface area contributed by atoms with Crippen molar-refractivity contribution in [3.8, 4) is 0 Å². The molecular weight excluding hydrogens is 322 g/mol. The third-order valence-corrected chi connectivity index (χ3v) is 5.56. The van der Waals surface area contributed by atoms with Crippen molar-refractivity contribution in [2.45, 2.75) is 45.6 Å². The SMILES string of the molecule is Cc1n[nH]c(C)c1CN1CCC(c2cc(Cc3ccccc3)[nH]n2)CC1. The van der Waals surface area contributed by atoms with Gasteiger partial charge in [0.05, 0.1) is 11.4 Å². The molecule has 3 heterocycles. The summed E-state index contributed by atoms with van der Waals surface area (Å²) in [5.74, 6) is 0.568. The van der Waals surface area contributed by atoms with Crippen LogP contribution >= 0.6 is 0 Å². The number of aromatic nitrogens is 4. The lowest BCUT2D eigenvalue weighted by atomic mass is 9.93. The monoisotopic (exact) mass is 349 g/mol. The highest BCUT2D eigenvalue weighted by Crippen LogP contribution is 2.28. The zero-order valence-electron chi connectivity index (χ0n) is 15.6. The van der Waals surface area contributed by atoms with Crippen LogP contribution in [0.2, 0.25) is 0 Å². The number of rotatable bonds is 5. The maximum atomic E-state index is 4.61. The molecule has 1 saturated heterocycles. The van der Waals surface area contributed by atoms with Gasteiger partial charge in [-0.3, -0.25) is 15.1 Å². The van der Waals surface area contributed by atoms with Gasteiger partial charge in [-0.05, 0) is 51.4 Å². The Morgan fingerprint density at radius 1 is 1.04 bits per heavy atom. The van der Waals surface area contributed by atoms with E-state index in [9.17, 15) is 0 Å². The first kappa shape index (κ1) is 17.0. The van der Waals surface area contributed by atoms with Crippen LogP contribution in [0.25, 0.3) is 0 Å². The Bertz CT molecular complexity index is 821. The minimum Gasteiger partial charge on any atom is -0.299 e. The first-order valence-electron chi connectivity index (χ1n) is 9.50. The summed E-state index contributed by atoms with van der Waals surface area (Å²) in [7, 11) is 0. The fourth-order valence-corrected chi connectivity index (χ4v) is 3.91. The Labute approximate surface area is 154 Å². The minimum absolute atomic E-state index is 0.568. The largest absolute Gasteiger partial charge is 0.299 e. The van der Waals surface area contributed by atoms with Crippen LogP contribution in [0.4, 0.5) is 0 Å². The molecule has 2 aromatic heterocycles. The predicted molar refractivity (Wildman–Crippen MR) is 103 cm³/mol. The highest BCUT2D eigenvalue weighted by Gasteiger charge is 2.23. The maximum absolute atomic E-state index is 4.61. The van der Waals surface area contributed by atoms with Gasteiger partial charge in [0.1, 0.15) is 0 Å². The summed E-state index contributed by atoms with van der Waals surface area (Å²) >= 11 is 0. The first-order chi connectivity index (χ1) is 12.7. The van der Waals surface area contributed by atoms with Crippen molar-refractivity contribution in [2.75, 3.05) is 13.1 Å². The molecule has 0 aliphatic carbocycles. The summed E-state index contributed by atoms with van der Waals surface area (Å²) in [6, 6.07) is 12.8. The minimum atomic E-state index is 0.568. The van der Waals surface area contributed by atoms with Crippen molar-refractivity contribution in [1.82, 2.24) is 25.3 Å². The van der Waals surface area contributed by atoms with Gasteiger partial charge < -0.3 is 0 Å². The summed E-state index contributed by atoms with van der Waals surface area (Å²) in [5, 5.41) is 15.3. The Balaban J connectivity index is 1.33. The molecule has 1 aliphatic rings. The molecule has 0 saturated carbocycles. The average Bonchev–Trinajstić information content (AvgIpc) is 3.25. The van der Waals surface area contributed by atoms with Crippen molar-refractivity contribution in [1.29, 1.82) is 0 Å². The van der Waals surface area contributed by atoms with Gasteiger partial charge in [0, 0.05) is 35.8 Å². The number of aryl methyl sites for hydroxylation is 2. The molecule has 1 aliphatic heterocycles. The zero-order valence-corrected chi connectivity index (χ0v) is 15.6. The highest BCUT2D eigenvalue weighted by molar-refractivity contribution is 5.24. The lowest BCUT2D eigenvalue weighted by Crippen LogP contribution is -2.32. The van der Waals surface area contributed by atoms with Crippen molar-refractivity contribution in [3.05, 3.63) is 70.3 Å². The number of nitrogens with zero attached hydrogens (tertiary/aromatic N) is 3. The number of aromatic amines is 2. The van der Waals surface area contributed by atoms with Gasteiger partial charge in [0.2, 0.25) is 0 Å². The number of hydrogen-bond donors (Lipinski definition) is 2. The van der Waals surface area contributed by atoms with Crippen molar-refractivity contribution >= 4 is 0 Å². The molecule has 1 fully saturated rings. The average molecular weight is 349 g/mol. The molecule has 0 spiro atoms. The highest BCUT2D eigenvalue weighted by atomic mass is 15.2. The van der Waals surface area contributed by atoms with Crippen molar-refractivity contribution in [2.24, 2.45) is 0 Å². The van der Waals surface area contributed by atoms with E-state index in [-0.39, 0.29) is 0 Å². The number of hydrogen-bond acceptors (Lipinski definition) is 3. The molecule has 0 unspecified atom stereocenters. The van der Waals surface area contributed by atoms with Crippen LogP contribution in [0.1, 0.15) is 52.7 Å². The Morgan fingerprint density at radius 3 is 2.50 bits per heavy atom. The molecule has 1 aromatic carbocycles. The number of nitrogens with one attached hydrogen (secondary N) is 2. The predicted octanol–water partition coefficient (Wildman–Crippen LogP) is 3.72. The summed E-state index contributed by atoms with van der Waals surface area (Å²) < 4.78 is 0. The fraction of sp³-hybridized carbons (Fsp3) is 0.429. The van der Waals surface area contributed by atoms with E-state index in [0.29, 0.717) is 5.92 Å². The lowest BCUT2D eigenvalue weighted by molar-refractivity contribution is 0.202. The third kappa shape index (κ3) is 3.73. The summed E-state index contributed by atoms with van der Waals surface area (Å²) in [5.41, 5.74) is 7.44. The van der Waals surface area contributed by atoms with E-state index in [4.69, 9.17) is 0 Å². The molecule has 3 aromatic rings. The van der Waals surface area contributed by atoms with Gasteiger partial charge in [0.15, 0.2) is 0 Å². The van der Waals surface area contributed by atoms with E-state index in [1.165, 1.54) is 41.1 Å². The van der Waals surface area contributed by atoms with E-state index in [0.717, 1.165) is 31.7 Å². The van der Waals surface area contributed by atoms with E-state index in [1.54, 1.807) is 0 Å². The van der Waals surface area contributed by atoms with Crippen LogP contribution in [-0.2, 0) is 13.0 Å².